The highest BCUT2D eigenvalue weighted by molar-refractivity contribution is 5.89. The van der Waals surface area contributed by atoms with Crippen LogP contribution in [0.15, 0.2) is 18.2 Å². The molecule has 4 rings (SSSR count). The molecule has 2 saturated carbocycles. The van der Waals surface area contributed by atoms with E-state index in [1.807, 2.05) is 25.1 Å². The molecule has 6 heteroatoms. The number of ketones is 1. The number of benzene rings is 1. The quantitative estimate of drug-likeness (QED) is 0.840. The number of hydrogen-bond donors (Lipinski definition) is 1. The van der Waals surface area contributed by atoms with Gasteiger partial charge < -0.3 is 19.9 Å². The number of rotatable bonds is 3. The monoisotopic (exact) mass is 345 g/mol. The Kier molecular flexibility index (Phi) is 3.58. The zero-order valence-corrected chi connectivity index (χ0v) is 14.5. The molecular formula is C19H23NO5. The van der Waals surface area contributed by atoms with Crippen LogP contribution in [0.5, 0.6) is 11.5 Å². The van der Waals surface area contributed by atoms with Gasteiger partial charge in [-0.25, -0.2) is 0 Å². The number of para-hydroxylation sites is 1. The van der Waals surface area contributed by atoms with Crippen LogP contribution in [0.2, 0.25) is 0 Å². The molecule has 5 atom stereocenters. The molecular weight excluding hydrogens is 322 g/mol. The molecule has 0 radical (unpaired) electrons. The van der Waals surface area contributed by atoms with E-state index >= 15 is 0 Å². The van der Waals surface area contributed by atoms with E-state index in [1.165, 1.54) is 0 Å². The van der Waals surface area contributed by atoms with Gasteiger partial charge in [0.15, 0.2) is 23.4 Å². The van der Waals surface area contributed by atoms with E-state index in [2.05, 4.69) is 0 Å². The van der Waals surface area contributed by atoms with E-state index in [0.29, 0.717) is 37.2 Å². The van der Waals surface area contributed by atoms with E-state index in [-0.39, 0.29) is 17.7 Å². The maximum absolute atomic E-state index is 12.8. The van der Waals surface area contributed by atoms with Crippen LogP contribution < -0.4 is 15.2 Å². The Morgan fingerprint density at radius 3 is 2.88 bits per heavy atom. The molecule has 1 heterocycles. The minimum Gasteiger partial charge on any atom is -0.493 e. The molecule has 2 aliphatic carbocycles. The molecule has 0 aromatic heterocycles. The molecule has 2 N–H and O–H groups in total. The summed E-state index contributed by atoms with van der Waals surface area (Å²) in [5, 5.41) is 0. The first-order valence-electron chi connectivity index (χ1n) is 8.75. The smallest absolute Gasteiger partial charge is 0.293 e. The lowest BCUT2D eigenvalue weighted by atomic mass is 9.49. The Bertz CT molecular complexity index is 735. The Labute approximate surface area is 146 Å². The third kappa shape index (κ3) is 1.83. The molecule has 25 heavy (non-hydrogen) atoms. The van der Waals surface area contributed by atoms with Crippen LogP contribution in [0.3, 0.4) is 0 Å². The summed E-state index contributed by atoms with van der Waals surface area (Å²) in [5.74, 6) is 1.15. The second kappa shape index (κ2) is 5.46. The second-order valence-electron chi connectivity index (χ2n) is 7.37. The summed E-state index contributed by atoms with van der Waals surface area (Å²) >= 11 is 0. The van der Waals surface area contributed by atoms with Crippen LogP contribution in [0.1, 0.15) is 38.2 Å². The maximum atomic E-state index is 12.8. The van der Waals surface area contributed by atoms with Gasteiger partial charge in [0.2, 0.25) is 0 Å². The van der Waals surface area contributed by atoms with Crippen molar-refractivity contribution in [3.8, 4) is 11.5 Å². The lowest BCUT2D eigenvalue weighted by Gasteiger charge is -2.58. The average Bonchev–Trinajstić information content (AvgIpc) is 2.97. The van der Waals surface area contributed by atoms with Crippen molar-refractivity contribution < 1.29 is 23.8 Å². The summed E-state index contributed by atoms with van der Waals surface area (Å²) in [4.78, 5) is 24.3. The lowest BCUT2D eigenvalue weighted by molar-refractivity contribution is -0.194. The molecule has 134 valence electrons. The average molecular weight is 345 g/mol. The van der Waals surface area contributed by atoms with Crippen molar-refractivity contribution in [1.82, 2.24) is 0 Å². The first-order chi connectivity index (χ1) is 12.0. The summed E-state index contributed by atoms with van der Waals surface area (Å²) < 4.78 is 17.4. The summed E-state index contributed by atoms with van der Waals surface area (Å²) in [5.41, 5.74) is 5.69. The van der Waals surface area contributed by atoms with E-state index in [1.54, 1.807) is 7.11 Å². The molecule has 0 amide bonds. The predicted octanol–water partition coefficient (Wildman–Crippen LogP) is 1.73. The number of nitrogens with two attached hydrogens (primary N) is 1. The summed E-state index contributed by atoms with van der Waals surface area (Å²) in [6.07, 6.45) is 1.50. The first kappa shape index (κ1) is 16.4. The fourth-order valence-corrected chi connectivity index (χ4v) is 5.42. The highest BCUT2D eigenvalue weighted by Gasteiger charge is 2.71. The molecule has 6 nitrogen and oxygen atoms in total. The number of fused-ring (bicyclic) bond motifs is 1. The molecule has 3 aliphatic rings. The van der Waals surface area contributed by atoms with Crippen LogP contribution in [0.25, 0.3) is 0 Å². The predicted molar refractivity (Wildman–Crippen MR) is 89.6 cm³/mol. The fourth-order valence-electron chi connectivity index (χ4n) is 5.42. The standard InChI is InChI=1S/C19H23NO5/c1-11-13(20)6-8-18-12-4-3-5-15(23-2)16(12)25-17(18)14(22)7-9-19(11,18)24-10-21/h3-5,10-11,13,17H,6-9,20H2,1-2H3. The summed E-state index contributed by atoms with van der Waals surface area (Å²) in [6, 6.07) is 5.58. The van der Waals surface area contributed by atoms with Gasteiger partial charge in [-0.15, -0.1) is 0 Å². The van der Waals surface area contributed by atoms with Gasteiger partial charge >= 0.3 is 0 Å². The Morgan fingerprint density at radius 1 is 1.36 bits per heavy atom. The summed E-state index contributed by atoms with van der Waals surface area (Å²) in [6.45, 7) is 2.52. The van der Waals surface area contributed by atoms with E-state index in [0.717, 1.165) is 12.0 Å². The highest BCUT2D eigenvalue weighted by Crippen LogP contribution is 2.63. The first-order valence-corrected chi connectivity index (χ1v) is 8.75. The Balaban J connectivity index is 2.00. The Hall–Kier alpha value is -2.08. The zero-order chi connectivity index (χ0) is 17.8. The van der Waals surface area contributed by atoms with Crippen molar-refractivity contribution in [3.05, 3.63) is 23.8 Å². The van der Waals surface area contributed by atoms with E-state index < -0.39 is 17.1 Å². The maximum Gasteiger partial charge on any atom is 0.293 e. The number of Topliss-reactive ketones (excluding diaryl/α,β-unsaturated/α-hetero) is 1. The normalized spacial score (nSPS) is 38.8. The lowest BCUT2D eigenvalue weighted by Crippen LogP contribution is -2.71. The van der Waals surface area contributed by atoms with Gasteiger partial charge in [-0.2, -0.15) is 0 Å². The van der Waals surface area contributed by atoms with Crippen LogP contribution in [0.4, 0.5) is 0 Å². The van der Waals surface area contributed by atoms with Gasteiger partial charge in [0.05, 0.1) is 12.5 Å². The van der Waals surface area contributed by atoms with Crippen molar-refractivity contribution in [2.24, 2.45) is 11.7 Å². The van der Waals surface area contributed by atoms with Crippen molar-refractivity contribution >= 4 is 12.3 Å². The molecule has 1 spiro atoms. The van der Waals surface area contributed by atoms with E-state index in [9.17, 15) is 9.59 Å². The van der Waals surface area contributed by atoms with Gasteiger partial charge in [-0.1, -0.05) is 19.1 Å². The molecule has 0 saturated heterocycles. The topological polar surface area (TPSA) is 87.9 Å². The van der Waals surface area contributed by atoms with Crippen LogP contribution in [-0.4, -0.2) is 37.1 Å². The van der Waals surface area contributed by atoms with Crippen LogP contribution in [-0.2, 0) is 19.7 Å². The van der Waals surface area contributed by atoms with Gasteiger partial charge in [0, 0.05) is 23.9 Å². The Morgan fingerprint density at radius 2 is 2.16 bits per heavy atom. The highest BCUT2D eigenvalue weighted by atomic mass is 16.6. The minimum atomic E-state index is -0.845. The fraction of sp³-hybridized carbons (Fsp3) is 0.579. The zero-order valence-electron chi connectivity index (χ0n) is 14.5. The number of methoxy groups -OCH3 is 1. The van der Waals surface area contributed by atoms with E-state index in [4.69, 9.17) is 19.9 Å². The van der Waals surface area contributed by atoms with Crippen molar-refractivity contribution in [1.29, 1.82) is 0 Å². The molecule has 2 fully saturated rings. The van der Waals surface area contributed by atoms with Crippen molar-refractivity contribution in [2.75, 3.05) is 7.11 Å². The number of ether oxygens (including phenoxy) is 3. The number of hydrogen-bond acceptors (Lipinski definition) is 6. The molecule has 5 unspecified atom stereocenters. The number of carbonyl (C=O) groups is 2. The minimum absolute atomic E-state index is 0.0473. The SMILES string of the molecule is COc1cccc2c1OC1C(=O)CCC3(OC=O)C(C)C(N)CCC213. The third-order valence-electron chi connectivity index (χ3n) is 6.66. The second-order valence-corrected chi connectivity index (χ2v) is 7.37. The molecule has 0 bridgehead atoms. The van der Waals surface area contributed by atoms with Gasteiger partial charge in [-0.05, 0) is 25.3 Å². The largest absolute Gasteiger partial charge is 0.493 e. The third-order valence-corrected chi connectivity index (χ3v) is 6.66. The molecule has 1 aliphatic heterocycles. The van der Waals surface area contributed by atoms with Crippen LogP contribution in [0, 0.1) is 5.92 Å². The molecule has 1 aromatic rings. The number of carbonyl (C=O) groups excluding carboxylic acids is 2. The van der Waals surface area contributed by atoms with Gasteiger partial charge in [-0.3, -0.25) is 9.59 Å². The van der Waals surface area contributed by atoms with Gasteiger partial charge in [0.25, 0.3) is 6.47 Å². The van der Waals surface area contributed by atoms with Crippen LogP contribution >= 0.6 is 0 Å². The van der Waals surface area contributed by atoms with Crippen molar-refractivity contribution in [3.63, 3.8) is 0 Å². The van der Waals surface area contributed by atoms with Crippen molar-refractivity contribution in [2.45, 2.75) is 55.8 Å². The van der Waals surface area contributed by atoms with Gasteiger partial charge in [0.1, 0.15) is 5.60 Å². The summed E-state index contributed by atoms with van der Waals surface area (Å²) in [7, 11) is 1.58. The molecule has 1 aromatic carbocycles.